The molecule has 2 aromatic rings. The smallest absolute Gasteiger partial charge is 0.0184 e. The second kappa shape index (κ2) is 9.81. The van der Waals surface area contributed by atoms with E-state index in [1.165, 1.54) is 33.8 Å². The van der Waals surface area contributed by atoms with Gasteiger partial charge >= 0.3 is 0 Å². The van der Waals surface area contributed by atoms with Crippen LogP contribution in [0.25, 0.3) is 6.08 Å². The van der Waals surface area contributed by atoms with Gasteiger partial charge in [-0.2, -0.15) is 23.5 Å². The quantitative estimate of drug-likeness (QED) is 0.513. The summed E-state index contributed by atoms with van der Waals surface area (Å²) in [5.74, 6) is 4.65. The summed E-state index contributed by atoms with van der Waals surface area (Å²) in [6, 6.07) is 17.7. The Balaban J connectivity index is 1.59. The highest BCUT2D eigenvalue weighted by molar-refractivity contribution is 8.02. The number of rotatable bonds is 9. The third-order valence-electron chi connectivity index (χ3n) is 3.56. The van der Waals surface area contributed by atoms with Gasteiger partial charge in [0, 0.05) is 23.0 Å². The minimum atomic E-state index is 1.10. The molecule has 0 radical (unpaired) electrons. The van der Waals surface area contributed by atoms with E-state index >= 15 is 0 Å². The van der Waals surface area contributed by atoms with Gasteiger partial charge in [0.2, 0.25) is 0 Å². The molecule has 0 aliphatic rings. The van der Waals surface area contributed by atoms with Crippen LogP contribution in [0.3, 0.4) is 0 Å². The molecule has 2 rings (SSSR count). The third kappa shape index (κ3) is 5.94. The minimum Gasteiger partial charge on any atom is -0.156 e. The van der Waals surface area contributed by atoms with E-state index in [2.05, 4.69) is 62.0 Å². The minimum absolute atomic E-state index is 1.10. The van der Waals surface area contributed by atoms with Crippen molar-refractivity contribution in [2.24, 2.45) is 0 Å². The zero-order valence-corrected chi connectivity index (χ0v) is 14.9. The molecule has 0 aliphatic heterocycles. The molecule has 0 unspecified atom stereocenters. The highest BCUT2D eigenvalue weighted by Crippen LogP contribution is 2.18. The Kier molecular flexibility index (Phi) is 7.68. The van der Waals surface area contributed by atoms with Gasteiger partial charge in [-0.1, -0.05) is 68.1 Å². The zero-order chi connectivity index (χ0) is 15.6. The second-order valence-corrected chi connectivity index (χ2v) is 7.43. The van der Waals surface area contributed by atoms with Crippen LogP contribution in [-0.4, -0.2) is 11.5 Å². The van der Waals surface area contributed by atoms with Gasteiger partial charge in [0.1, 0.15) is 0 Å². The first-order valence-corrected chi connectivity index (χ1v) is 10.1. The van der Waals surface area contributed by atoms with Gasteiger partial charge in [0.25, 0.3) is 0 Å². The summed E-state index contributed by atoms with van der Waals surface area (Å²) in [7, 11) is 0. The van der Waals surface area contributed by atoms with E-state index in [9.17, 15) is 0 Å². The van der Waals surface area contributed by atoms with Crippen LogP contribution in [0.4, 0.5) is 0 Å². The van der Waals surface area contributed by atoms with E-state index in [0.717, 1.165) is 17.9 Å². The predicted octanol–water partition coefficient (Wildman–Crippen LogP) is 6.06. The van der Waals surface area contributed by atoms with E-state index in [0.29, 0.717) is 0 Å². The summed E-state index contributed by atoms with van der Waals surface area (Å²) in [5, 5.41) is 0. The lowest BCUT2D eigenvalue weighted by atomic mass is 10.1. The molecule has 22 heavy (non-hydrogen) atoms. The topological polar surface area (TPSA) is 0 Å². The molecule has 0 nitrogen and oxygen atoms in total. The molecule has 0 aromatic heterocycles. The summed E-state index contributed by atoms with van der Waals surface area (Å²) < 4.78 is 0. The van der Waals surface area contributed by atoms with Gasteiger partial charge in [-0.25, -0.2) is 0 Å². The van der Waals surface area contributed by atoms with Crippen molar-refractivity contribution in [1.82, 2.24) is 0 Å². The Hall–Kier alpha value is -1.12. The number of hydrogen-bond acceptors (Lipinski definition) is 2. The van der Waals surface area contributed by atoms with Crippen LogP contribution in [0.15, 0.2) is 55.1 Å². The summed E-state index contributed by atoms with van der Waals surface area (Å²) >= 11 is 4.04. The Morgan fingerprint density at radius 1 is 0.773 bits per heavy atom. The molecule has 0 spiro atoms. The van der Waals surface area contributed by atoms with E-state index in [-0.39, 0.29) is 0 Å². The molecular formula is C20H24S2. The van der Waals surface area contributed by atoms with E-state index in [1.807, 2.05) is 29.6 Å². The molecule has 2 aromatic carbocycles. The lowest BCUT2D eigenvalue weighted by molar-refractivity contribution is 1.13. The van der Waals surface area contributed by atoms with E-state index in [4.69, 9.17) is 0 Å². The molecular weight excluding hydrogens is 304 g/mol. The van der Waals surface area contributed by atoms with Crippen LogP contribution in [0.2, 0.25) is 0 Å². The van der Waals surface area contributed by atoms with Crippen molar-refractivity contribution < 1.29 is 0 Å². The number of benzene rings is 2. The maximum Gasteiger partial charge on any atom is 0.0184 e. The second-order valence-electron chi connectivity index (χ2n) is 5.22. The van der Waals surface area contributed by atoms with E-state index in [1.54, 1.807) is 0 Å². The number of aryl methyl sites for hydroxylation is 1. The predicted molar refractivity (Wildman–Crippen MR) is 105 cm³/mol. The monoisotopic (exact) mass is 328 g/mol. The molecule has 0 fully saturated rings. The highest BCUT2D eigenvalue weighted by atomic mass is 32.2. The molecule has 0 N–H and O–H groups in total. The normalized spacial score (nSPS) is 10.6. The third-order valence-corrected chi connectivity index (χ3v) is 5.88. The maximum atomic E-state index is 3.78. The van der Waals surface area contributed by atoms with Crippen molar-refractivity contribution in [1.29, 1.82) is 0 Å². The SMILES string of the molecule is C=Cc1ccc(CSCCSCc2ccc(CC)cc2)cc1. The highest BCUT2D eigenvalue weighted by Gasteiger charge is 1.97. The van der Waals surface area contributed by atoms with Gasteiger partial charge in [0.05, 0.1) is 0 Å². The fraction of sp³-hybridized carbons (Fsp3) is 0.300. The van der Waals surface area contributed by atoms with Crippen molar-refractivity contribution in [2.75, 3.05) is 11.5 Å². The van der Waals surface area contributed by atoms with Crippen LogP contribution in [0.1, 0.15) is 29.2 Å². The van der Waals surface area contributed by atoms with Crippen molar-refractivity contribution in [3.05, 3.63) is 77.4 Å². The summed E-state index contributed by atoms with van der Waals surface area (Å²) in [6.07, 6.45) is 3.01. The average molecular weight is 329 g/mol. The van der Waals surface area contributed by atoms with Crippen LogP contribution in [0, 0.1) is 0 Å². The number of hydrogen-bond donors (Lipinski definition) is 0. The zero-order valence-electron chi connectivity index (χ0n) is 13.3. The molecule has 0 heterocycles. The first-order valence-electron chi connectivity index (χ1n) is 7.76. The molecule has 0 saturated carbocycles. The average Bonchev–Trinajstić information content (AvgIpc) is 2.59. The van der Waals surface area contributed by atoms with Crippen LogP contribution in [0.5, 0.6) is 0 Å². The molecule has 2 heteroatoms. The fourth-order valence-corrected chi connectivity index (χ4v) is 4.21. The van der Waals surface area contributed by atoms with Gasteiger partial charge in [0.15, 0.2) is 0 Å². The summed E-state index contributed by atoms with van der Waals surface area (Å²) in [5.41, 5.74) is 5.45. The summed E-state index contributed by atoms with van der Waals surface area (Å²) in [4.78, 5) is 0. The van der Waals surface area contributed by atoms with Gasteiger partial charge < -0.3 is 0 Å². The molecule has 0 aliphatic carbocycles. The number of thioether (sulfide) groups is 2. The molecule has 116 valence electrons. The molecule has 0 saturated heterocycles. The molecule has 0 bridgehead atoms. The lowest BCUT2D eigenvalue weighted by Crippen LogP contribution is -1.89. The standard InChI is InChI=1S/C20H24S2/c1-3-17-5-9-19(10-6-17)15-21-13-14-22-16-20-11-7-18(4-2)8-12-20/h3,5-12H,1,4,13-16H2,2H3. The first-order chi connectivity index (χ1) is 10.8. The van der Waals surface area contributed by atoms with E-state index < -0.39 is 0 Å². The maximum absolute atomic E-state index is 3.78. The summed E-state index contributed by atoms with van der Waals surface area (Å²) in [6.45, 7) is 5.98. The van der Waals surface area contributed by atoms with Crippen molar-refractivity contribution >= 4 is 29.6 Å². The van der Waals surface area contributed by atoms with Crippen LogP contribution < -0.4 is 0 Å². The Morgan fingerprint density at radius 3 is 1.68 bits per heavy atom. The first kappa shape index (κ1) is 17.2. The van der Waals surface area contributed by atoms with Crippen molar-refractivity contribution in [3.63, 3.8) is 0 Å². The molecule has 0 amide bonds. The van der Waals surface area contributed by atoms with Gasteiger partial charge in [-0.3, -0.25) is 0 Å². The van der Waals surface area contributed by atoms with Crippen molar-refractivity contribution in [3.8, 4) is 0 Å². The van der Waals surface area contributed by atoms with Crippen LogP contribution in [-0.2, 0) is 17.9 Å². The Bertz CT molecular complexity index is 555. The van der Waals surface area contributed by atoms with Gasteiger partial charge in [-0.15, -0.1) is 0 Å². The van der Waals surface area contributed by atoms with Crippen molar-refractivity contribution in [2.45, 2.75) is 24.9 Å². The Morgan fingerprint density at radius 2 is 1.23 bits per heavy atom. The van der Waals surface area contributed by atoms with Gasteiger partial charge in [-0.05, 0) is 28.7 Å². The fourth-order valence-electron chi connectivity index (χ4n) is 2.12. The molecule has 0 atom stereocenters. The Labute approximate surface area is 143 Å². The largest absolute Gasteiger partial charge is 0.156 e. The van der Waals surface area contributed by atoms with Crippen LogP contribution >= 0.6 is 23.5 Å². The lowest BCUT2D eigenvalue weighted by Gasteiger charge is -2.04.